The van der Waals surface area contributed by atoms with E-state index in [0.717, 1.165) is 17.8 Å². The molecule has 0 radical (unpaired) electrons. The number of aryl methyl sites for hydroxylation is 1. The predicted molar refractivity (Wildman–Crippen MR) is 174 cm³/mol. The van der Waals surface area contributed by atoms with E-state index in [9.17, 15) is 0 Å². The summed E-state index contributed by atoms with van der Waals surface area (Å²) >= 11 is 1.86. The molecule has 0 aliphatic rings. The van der Waals surface area contributed by atoms with E-state index < -0.39 is 0 Å². The van der Waals surface area contributed by atoms with E-state index in [1.54, 1.807) is 0 Å². The summed E-state index contributed by atoms with van der Waals surface area (Å²) in [6, 6.07) is 52.8. The first-order valence-electron chi connectivity index (χ1n) is 13.8. The molecule has 0 amide bonds. The SMILES string of the molecule is CCc1cccc(N(c2ccc(-c3ccccc3)cc2)c2ccc(-c3ccc4sc5ccccc5c4c3)cc2)c1. The minimum absolute atomic E-state index is 1.01. The molecular weight excluding hydrogens is 502 g/mol. The number of hydrogen-bond donors (Lipinski definition) is 0. The van der Waals surface area contributed by atoms with Gasteiger partial charge in [-0.2, -0.15) is 0 Å². The molecule has 2 heteroatoms. The lowest BCUT2D eigenvalue weighted by atomic mass is 10.0. The Morgan fingerprint density at radius 3 is 1.77 bits per heavy atom. The first kappa shape index (κ1) is 24.4. The molecule has 0 N–H and O–H groups in total. The van der Waals surface area contributed by atoms with Crippen molar-refractivity contribution in [2.75, 3.05) is 4.90 Å². The average molecular weight is 532 g/mol. The summed E-state index contributed by atoms with van der Waals surface area (Å²) < 4.78 is 2.68. The Labute approximate surface area is 239 Å². The van der Waals surface area contributed by atoms with Gasteiger partial charge in [0.15, 0.2) is 0 Å². The predicted octanol–water partition coefficient (Wildman–Crippen LogP) is 11.4. The van der Waals surface area contributed by atoms with E-state index in [2.05, 4.69) is 157 Å². The minimum Gasteiger partial charge on any atom is -0.310 e. The summed E-state index contributed by atoms with van der Waals surface area (Å²) in [5.41, 5.74) is 9.71. The van der Waals surface area contributed by atoms with E-state index in [4.69, 9.17) is 0 Å². The normalized spacial score (nSPS) is 11.2. The van der Waals surface area contributed by atoms with Crippen LogP contribution in [0.3, 0.4) is 0 Å². The third-order valence-electron chi connectivity index (χ3n) is 7.65. The third-order valence-corrected chi connectivity index (χ3v) is 8.80. The van der Waals surface area contributed by atoms with Crippen molar-refractivity contribution in [2.45, 2.75) is 13.3 Å². The number of anilines is 3. The topological polar surface area (TPSA) is 3.24 Å². The lowest BCUT2D eigenvalue weighted by molar-refractivity contribution is 1.13. The fourth-order valence-electron chi connectivity index (χ4n) is 5.50. The van der Waals surface area contributed by atoms with Crippen molar-refractivity contribution in [2.24, 2.45) is 0 Å². The van der Waals surface area contributed by atoms with Crippen LogP contribution < -0.4 is 4.90 Å². The van der Waals surface area contributed by atoms with Crippen LogP contribution in [-0.4, -0.2) is 0 Å². The zero-order valence-corrected chi connectivity index (χ0v) is 23.2. The van der Waals surface area contributed by atoms with Crippen molar-refractivity contribution in [3.05, 3.63) is 151 Å². The number of nitrogens with zero attached hydrogens (tertiary/aromatic N) is 1. The molecule has 1 aromatic heterocycles. The zero-order valence-electron chi connectivity index (χ0n) is 22.4. The van der Waals surface area contributed by atoms with Crippen LogP contribution in [0.1, 0.15) is 12.5 Å². The van der Waals surface area contributed by atoms with Gasteiger partial charge in [-0.1, -0.05) is 97.9 Å². The van der Waals surface area contributed by atoms with Crippen molar-refractivity contribution in [3.8, 4) is 22.3 Å². The van der Waals surface area contributed by atoms with E-state index >= 15 is 0 Å². The molecule has 0 bridgehead atoms. The number of fused-ring (bicyclic) bond motifs is 3. The maximum absolute atomic E-state index is 2.35. The average Bonchev–Trinajstić information content (AvgIpc) is 3.40. The summed E-state index contributed by atoms with van der Waals surface area (Å²) in [5.74, 6) is 0. The van der Waals surface area contributed by atoms with E-state index in [1.165, 1.54) is 53.7 Å². The van der Waals surface area contributed by atoms with Crippen molar-refractivity contribution in [3.63, 3.8) is 0 Å². The second-order valence-corrected chi connectivity index (χ2v) is 11.2. The number of rotatable bonds is 6. The molecule has 0 fully saturated rings. The molecule has 0 aliphatic heterocycles. The summed E-state index contributed by atoms with van der Waals surface area (Å²) in [6.07, 6.45) is 1.01. The highest BCUT2D eigenvalue weighted by atomic mass is 32.1. The highest BCUT2D eigenvalue weighted by Crippen LogP contribution is 2.39. The van der Waals surface area contributed by atoms with E-state index in [0.29, 0.717) is 0 Å². The summed E-state index contributed by atoms with van der Waals surface area (Å²) in [5, 5.41) is 2.67. The zero-order chi connectivity index (χ0) is 26.9. The highest BCUT2D eigenvalue weighted by Gasteiger charge is 2.14. The summed E-state index contributed by atoms with van der Waals surface area (Å²) in [7, 11) is 0. The number of hydrogen-bond acceptors (Lipinski definition) is 2. The Hall–Kier alpha value is -4.66. The molecule has 0 unspecified atom stereocenters. The Balaban J connectivity index is 1.27. The monoisotopic (exact) mass is 531 g/mol. The van der Waals surface area contributed by atoms with Gasteiger partial charge in [0.05, 0.1) is 0 Å². The van der Waals surface area contributed by atoms with E-state index in [-0.39, 0.29) is 0 Å². The molecule has 0 spiro atoms. The second kappa shape index (κ2) is 10.5. The third kappa shape index (κ3) is 4.57. The Kier molecular flexibility index (Phi) is 6.39. The molecular formula is C38H29NS. The van der Waals surface area contributed by atoms with Crippen LogP contribution in [0, 0.1) is 0 Å². The maximum atomic E-state index is 2.35. The molecule has 7 rings (SSSR count). The molecule has 7 aromatic rings. The van der Waals surface area contributed by atoms with Crippen molar-refractivity contribution in [1.29, 1.82) is 0 Å². The molecule has 1 nitrogen and oxygen atoms in total. The standard InChI is InChI=1S/C38H29NS/c1-2-27-9-8-12-34(25-27)39(32-20-15-29(16-21-32)28-10-4-3-5-11-28)33-22-17-30(18-23-33)31-19-24-38-36(26-31)35-13-6-7-14-37(35)40-38/h3-26H,2H2,1H3. The molecule has 1 heterocycles. The van der Waals surface area contributed by atoms with Gasteiger partial charge in [0.2, 0.25) is 0 Å². The van der Waals surface area contributed by atoms with Gasteiger partial charge >= 0.3 is 0 Å². The molecule has 40 heavy (non-hydrogen) atoms. The van der Waals surface area contributed by atoms with Gasteiger partial charge in [-0.05, 0) is 88.8 Å². The maximum Gasteiger partial charge on any atom is 0.0464 e. The van der Waals surface area contributed by atoms with Crippen LogP contribution in [0.15, 0.2) is 146 Å². The first-order chi connectivity index (χ1) is 19.8. The van der Waals surface area contributed by atoms with Gasteiger partial charge in [-0.25, -0.2) is 0 Å². The van der Waals surface area contributed by atoms with Crippen LogP contribution in [0.4, 0.5) is 17.1 Å². The van der Waals surface area contributed by atoms with Crippen molar-refractivity contribution >= 4 is 48.6 Å². The molecule has 0 saturated carbocycles. The van der Waals surface area contributed by atoms with Crippen LogP contribution >= 0.6 is 11.3 Å². The molecule has 0 saturated heterocycles. The fraction of sp³-hybridized carbons (Fsp3) is 0.0526. The van der Waals surface area contributed by atoms with Gasteiger partial charge < -0.3 is 4.90 Å². The molecule has 0 atom stereocenters. The van der Waals surface area contributed by atoms with Gasteiger partial charge in [0, 0.05) is 37.2 Å². The number of thiophene rings is 1. The Bertz CT molecular complexity index is 1920. The fourth-order valence-corrected chi connectivity index (χ4v) is 6.59. The summed E-state index contributed by atoms with van der Waals surface area (Å²) in [6.45, 7) is 2.21. The van der Waals surface area contributed by atoms with Gasteiger partial charge in [-0.15, -0.1) is 11.3 Å². The summed E-state index contributed by atoms with van der Waals surface area (Å²) in [4.78, 5) is 2.35. The molecule has 192 valence electrons. The first-order valence-corrected chi connectivity index (χ1v) is 14.6. The lowest BCUT2D eigenvalue weighted by Gasteiger charge is -2.26. The smallest absolute Gasteiger partial charge is 0.0464 e. The van der Waals surface area contributed by atoms with Crippen LogP contribution in [0.5, 0.6) is 0 Å². The largest absolute Gasteiger partial charge is 0.310 e. The number of benzene rings is 6. The van der Waals surface area contributed by atoms with Crippen LogP contribution in [-0.2, 0) is 6.42 Å². The lowest BCUT2D eigenvalue weighted by Crippen LogP contribution is -2.10. The Morgan fingerprint density at radius 2 is 1.05 bits per heavy atom. The van der Waals surface area contributed by atoms with Gasteiger partial charge in [0.25, 0.3) is 0 Å². The second-order valence-electron chi connectivity index (χ2n) is 10.1. The molecule has 6 aromatic carbocycles. The van der Waals surface area contributed by atoms with Gasteiger partial charge in [-0.3, -0.25) is 0 Å². The van der Waals surface area contributed by atoms with Crippen molar-refractivity contribution in [1.82, 2.24) is 0 Å². The minimum atomic E-state index is 1.01. The van der Waals surface area contributed by atoms with Gasteiger partial charge in [0.1, 0.15) is 0 Å². The quantitative estimate of drug-likeness (QED) is 0.206. The molecule has 0 aliphatic carbocycles. The van der Waals surface area contributed by atoms with Crippen LogP contribution in [0.2, 0.25) is 0 Å². The highest BCUT2D eigenvalue weighted by molar-refractivity contribution is 7.25. The van der Waals surface area contributed by atoms with E-state index in [1.807, 2.05) is 11.3 Å². The Morgan fingerprint density at radius 1 is 0.450 bits per heavy atom. The van der Waals surface area contributed by atoms with Crippen LogP contribution in [0.25, 0.3) is 42.4 Å². The van der Waals surface area contributed by atoms with Crippen molar-refractivity contribution < 1.29 is 0 Å².